The minimum absolute atomic E-state index is 0.0360. The van der Waals surface area contributed by atoms with Crippen LogP contribution in [0.25, 0.3) is 10.8 Å². The second kappa shape index (κ2) is 8.79. The lowest BCUT2D eigenvalue weighted by molar-refractivity contribution is 0.353. The van der Waals surface area contributed by atoms with Crippen molar-refractivity contribution in [1.82, 2.24) is 10.3 Å². The number of para-hydroxylation sites is 1. The summed E-state index contributed by atoms with van der Waals surface area (Å²) in [6.45, 7) is 1.31. The van der Waals surface area contributed by atoms with Gasteiger partial charge in [-0.2, -0.15) is 17.7 Å². The van der Waals surface area contributed by atoms with Crippen LogP contribution in [0.2, 0.25) is 0 Å². The summed E-state index contributed by atoms with van der Waals surface area (Å²) < 4.78 is 0. The average Bonchev–Trinajstić information content (AvgIpc) is 2.72. The number of hydrazone groups is 1. The second-order valence-corrected chi connectivity index (χ2v) is 6.66. The number of rotatable bonds is 3. The third kappa shape index (κ3) is 4.02. The Labute approximate surface area is 164 Å². The van der Waals surface area contributed by atoms with Gasteiger partial charge in [-0.3, -0.25) is 0 Å². The topological polar surface area (TPSA) is 68.1 Å². The molecule has 27 heavy (non-hydrogen) atoms. The molecule has 6 heteroatoms. The normalized spacial score (nSPS) is 16.2. The third-order valence-electron chi connectivity index (χ3n) is 4.46. The molecule has 0 amide bonds. The van der Waals surface area contributed by atoms with Gasteiger partial charge in [0.15, 0.2) is 5.84 Å². The van der Waals surface area contributed by atoms with Gasteiger partial charge < -0.3 is 20.5 Å². The van der Waals surface area contributed by atoms with E-state index >= 15 is 0 Å². The molecule has 0 bridgehead atoms. The van der Waals surface area contributed by atoms with E-state index in [0.29, 0.717) is 24.5 Å². The van der Waals surface area contributed by atoms with Crippen molar-refractivity contribution in [2.45, 2.75) is 11.9 Å². The minimum atomic E-state index is -0.0360. The molecule has 3 aromatic rings. The number of hydrogen-bond acceptors (Lipinski definition) is 6. The fourth-order valence-electron chi connectivity index (χ4n) is 3.19. The van der Waals surface area contributed by atoms with Gasteiger partial charge in [-0.25, -0.2) is 0 Å². The molecule has 140 valence electrons. The lowest BCUT2D eigenvalue weighted by atomic mass is 10.0. The van der Waals surface area contributed by atoms with E-state index in [9.17, 15) is 5.11 Å². The summed E-state index contributed by atoms with van der Waals surface area (Å²) in [6, 6.07) is 21.9. The van der Waals surface area contributed by atoms with Crippen LogP contribution >= 0.6 is 12.6 Å². The van der Waals surface area contributed by atoms with Crippen molar-refractivity contribution < 1.29 is 10.2 Å². The largest absolute Gasteiger partial charge is 0.507 e. The molecular formula is C21H23N3O2S. The highest BCUT2D eigenvalue weighted by Crippen LogP contribution is 2.26. The second-order valence-electron chi connectivity index (χ2n) is 6.06. The molecule has 0 spiro atoms. The Morgan fingerprint density at radius 3 is 2.56 bits per heavy atom. The highest BCUT2D eigenvalue weighted by Gasteiger charge is 2.26. The predicted molar refractivity (Wildman–Crippen MR) is 113 cm³/mol. The molecular weight excluding hydrogens is 358 g/mol. The van der Waals surface area contributed by atoms with Crippen molar-refractivity contribution in [3.8, 4) is 5.75 Å². The van der Waals surface area contributed by atoms with Gasteiger partial charge in [-0.1, -0.05) is 54.6 Å². The summed E-state index contributed by atoms with van der Waals surface area (Å²) in [7, 11) is 1.00. The number of nitrogens with zero attached hydrogens (tertiary/aromatic N) is 2. The number of thiol groups is 1. The number of aliphatic hydroxyl groups excluding tert-OH is 1. The van der Waals surface area contributed by atoms with E-state index in [0.717, 1.165) is 7.11 Å². The first-order valence-electron chi connectivity index (χ1n) is 8.69. The number of amidine groups is 1. The molecule has 1 heterocycles. The highest BCUT2D eigenvalue weighted by molar-refractivity contribution is 7.80. The Kier molecular flexibility index (Phi) is 6.21. The van der Waals surface area contributed by atoms with Crippen LogP contribution < -0.4 is 5.43 Å². The fourth-order valence-corrected chi connectivity index (χ4v) is 3.46. The smallest absolute Gasteiger partial charge is 0.160 e. The van der Waals surface area contributed by atoms with Crippen LogP contribution in [0.1, 0.15) is 11.1 Å². The van der Waals surface area contributed by atoms with Crippen LogP contribution in [-0.2, 0) is 6.54 Å². The monoisotopic (exact) mass is 381 g/mol. The molecule has 5 nitrogen and oxygen atoms in total. The first-order valence-corrected chi connectivity index (χ1v) is 9.20. The molecule has 0 aliphatic carbocycles. The number of hydrogen-bond donors (Lipinski definition) is 4. The first kappa shape index (κ1) is 19.1. The first-order chi connectivity index (χ1) is 13.2. The quantitative estimate of drug-likeness (QED) is 0.526. The Hall–Kier alpha value is -2.70. The average molecular weight is 382 g/mol. The summed E-state index contributed by atoms with van der Waals surface area (Å²) in [6.07, 6.45) is 0. The number of phenolic OH excluding ortho intramolecular Hbond substituents is 1. The van der Waals surface area contributed by atoms with Gasteiger partial charge in [0.25, 0.3) is 0 Å². The van der Waals surface area contributed by atoms with E-state index in [1.807, 2.05) is 24.3 Å². The van der Waals surface area contributed by atoms with Crippen molar-refractivity contribution in [3.63, 3.8) is 0 Å². The maximum atomic E-state index is 10.2. The van der Waals surface area contributed by atoms with Gasteiger partial charge in [-0.05, 0) is 28.5 Å². The number of benzene rings is 3. The standard InChI is InChI=1S/C20H19N3OS.CH4O/c24-18-11-4-3-10-17(18)20-22-21-12-19(25)23(20)13-15-8-5-7-14-6-1-2-9-16(14)15;1-2/h1-11,19,21,24-25H,12-13H2;2H,1H3. The van der Waals surface area contributed by atoms with E-state index in [4.69, 9.17) is 17.7 Å². The Balaban J connectivity index is 0.00000102. The zero-order valence-electron chi connectivity index (χ0n) is 15.1. The zero-order valence-corrected chi connectivity index (χ0v) is 16.0. The van der Waals surface area contributed by atoms with Crippen molar-refractivity contribution in [2.24, 2.45) is 5.10 Å². The van der Waals surface area contributed by atoms with E-state index in [2.05, 4.69) is 51.8 Å². The molecule has 1 unspecified atom stereocenters. The molecule has 1 aliphatic rings. The van der Waals surface area contributed by atoms with Crippen molar-refractivity contribution in [2.75, 3.05) is 13.7 Å². The molecule has 4 rings (SSSR count). The lowest BCUT2D eigenvalue weighted by Gasteiger charge is -2.35. The third-order valence-corrected chi connectivity index (χ3v) is 4.92. The zero-order chi connectivity index (χ0) is 19.2. The van der Waals surface area contributed by atoms with Crippen LogP contribution in [0.5, 0.6) is 5.75 Å². The molecule has 3 aromatic carbocycles. The highest BCUT2D eigenvalue weighted by atomic mass is 32.1. The number of aliphatic hydroxyl groups is 1. The molecule has 0 saturated heterocycles. The van der Waals surface area contributed by atoms with Gasteiger partial charge >= 0.3 is 0 Å². The van der Waals surface area contributed by atoms with Gasteiger partial charge in [0, 0.05) is 13.7 Å². The Morgan fingerprint density at radius 1 is 1.04 bits per heavy atom. The van der Waals surface area contributed by atoms with Crippen molar-refractivity contribution in [1.29, 1.82) is 0 Å². The van der Waals surface area contributed by atoms with Gasteiger partial charge in [0.2, 0.25) is 0 Å². The minimum Gasteiger partial charge on any atom is -0.507 e. The van der Waals surface area contributed by atoms with Crippen molar-refractivity contribution >= 4 is 29.2 Å². The SMILES string of the molecule is CO.Oc1ccccc1C1=NNCC(S)N1Cc1cccc2ccccc12. The van der Waals surface area contributed by atoms with Crippen LogP contribution in [0, 0.1) is 0 Å². The molecule has 1 atom stereocenters. The predicted octanol–water partition coefficient (Wildman–Crippen LogP) is 3.18. The maximum absolute atomic E-state index is 10.2. The number of phenols is 1. The van der Waals surface area contributed by atoms with Gasteiger partial charge in [0.05, 0.1) is 17.5 Å². The van der Waals surface area contributed by atoms with E-state index in [-0.39, 0.29) is 11.1 Å². The molecule has 0 aromatic heterocycles. The van der Waals surface area contributed by atoms with E-state index < -0.39 is 0 Å². The molecule has 0 fully saturated rings. The van der Waals surface area contributed by atoms with E-state index in [1.165, 1.54) is 16.3 Å². The maximum Gasteiger partial charge on any atom is 0.160 e. The molecule has 1 aliphatic heterocycles. The summed E-state index contributed by atoms with van der Waals surface area (Å²) >= 11 is 4.73. The van der Waals surface area contributed by atoms with Crippen LogP contribution in [0.4, 0.5) is 0 Å². The Bertz CT molecular complexity index is 940. The number of nitrogens with one attached hydrogen (secondary N) is 1. The number of aromatic hydroxyl groups is 1. The summed E-state index contributed by atoms with van der Waals surface area (Å²) in [5, 5.41) is 24.1. The van der Waals surface area contributed by atoms with Gasteiger partial charge in [-0.15, -0.1) is 0 Å². The van der Waals surface area contributed by atoms with Gasteiger partial charge in [0.1, 0.15) is 5.75 Å². The molecule has 0 radical (unpaired) electrons. The molecule has 3 N–H and O–H groups in total. The van der Waals surface area contributed by atoms with E-state index in [1.54, 1.807) is 6.07 Å². The van der Waals surface area contributed by atoms with Crippen LogP contribution in [0.3, 0.4) is 0 Å². The van der Waals surface area contributed by atoms with Crippen LogP contribution in [0.15, 0.2) is 71.8 Å². The Morgan fingerprint density at radius 2 is 1.74 bits per heavy atom. The lowest BCUT2D eigenvalue weighted by Crippen LogP contribution is -2.47. The summed E-state index contributed by atoms with van der Waals surface area (Å²) in [4.78, 5) is 2.12. The van der Waals surface area contributed by atoms with Crippen LogP contribution in [-0.4, -0.2) is 40.0 Å². The summed E-state index contributed by atoms with van der Waals surface area (Å²) in [5.74, 6) is 0.922. The number of fused-ring (bicyclic) bond motifs is 1. The van der Waals surface area contributed by atoms with Crippen molar-refractivity contribution in [3.05, 3.63) is 77.9 Å². The molecule has 0 saturated carbocycles. The fraction of sp³-hybridized carbons (Fsp3) is 0.190. The summed E-state index contributed by atoms with van der Waals surface area (Å²) in [5.41, 5.74) is 4.94.